The number of aromatic amines is 1. The fourth-order valence-electron chi connectivity index (χ4n) is 5.30. The first-order chi connectivity index (χ1) is 15.6. The fourth-order valence-corrected chi connectivity index (χ4v) is 5.42. The molecule has 160 valence electrons. The molecule has 0 bridgehead atoms. The molecule has 0 unspecified atom stereocenters. The Morgan fingerprint density at radius 3 is 2.25 bits per heavy atom. The zero-order valence-electron chi connectivity index (χ0n) is 17.6. The Hall–Kier alpha value is -3.10. The Labute approximate surface area is 190 Å². The normalized spacial score (nSPS) is 21.1. The van der Waals surface area contributed by atoms with E-state index in [1.54, 1.807) is 0 Å². The Morgan fingerprint density at radius 1 is 0.938 bits per heavy atom. The van der Waals surface area contributed by atoms with E-state index in [0.717, 1.165) is 36.4 Å². The van der Waals surface area contributed by atoms with Crippen molar-refractivity contribution in [2.24, 2.45) is 0 Å². The number of nitriles is 1. The van der Waals surface area contributed by atoms with Gasteiger partial charge in [-0.15, -0.1) is 0 Å². The van der Waals surface area contributed by atoms with Crippen molar-refractivity contribution < 1.29 is 0 Å². The minimum Gasteiger partial charge on any atom is -0.292 e. The van der Waals surface area contributed by atoms with E-state index >= 15 is 0 Å². The molecular weight excluding hydrogens is 420 g/mol. The lowest BCUT2D eigenvalue weighted by Gasteiger charge is -2.28. The van der Waals surface area contributed by atoms with E-state index in [1.165, 1.54) is 28.5 Å². The number of hydrogen-bond acceptors (Lipinski definition) is 3. The Kier molecular flexibility index (Phi) is 4.58. The Morgan fingerprint density at radius 2 is 1.56 bits per heavy atom. The zero-order chi connectivity index (χ0) is 21.8. The topological polar surface area (TPSA) is 73.9 Å². The predicted octanol–water partition coefficient (Wildman–Crippen LogP) is 6.02. The Balaban J connectivity index is 1.36. The molecule has 0 amide bonds. The summed E-state index contributed by atoms with van der Waals surface area (Å²) in [6.07, 6.45) is 6.39. The van der Waals surface area contributed by atoms with Crippen molar-refractivity contribution in [3.8, 4) is 6.07 Å². The number of aromatic nitrogens is 3. The molecule has 2 fully saturated rings. The van der Waals surface area contributed by atoms with Crippen LogP contribution in [0.4, 0.5) is 0 Å². The van der Waals surface area contributed by atoms with Crippen LogP contribution < -0.4 is 5.56 Å². The second-order valence-corrected chi connectivity index (χ2v) is 9.68. The van der Waals surface area contributed by atoms with Gasteiger partial charge in [-0.1, -0.05) is 29.8 Å². The molecule has 0 spiro atoms. The van der Waals surface area contributed by atoms with Crippen LogP contribution in [0.25, 0.3) is 16.6 Å². The third-order valence-corrected chi connectivity index (χ3v) is 7.51. The number of H-pyrrole nitrogens is 1. The van der Waals surface area contributed by atoms with E-state index < -0.39 is 0 Å². The van der Waals surface area contributed by atoms with E-state index in [2.05, 4.69) is 29.4 Å². The lowest BCUT2D eigenvalue weighted by molar-refractivity contribution is 0.390. The molecular formula is C26H23ClN4O. The van der Waals surface area contributed by atoms with E-state index in [1.807, 2.05) is 24.3 Å². The third kappa shape index (κ3) is 3.22. The summed E-state index contributed by atoms with van der Waals surface area (Å²) in [6.45, 7) is 0. The van der Waals surface area contributed by atoms with Gasteiger partial charge in [0.05, 0.1) is 16.6 Å². The van der Waals surface area contributed by atoms with Crippen LogP contribution in [0.15, 0.2) is 47.3 Å². The summed E-state index contributed by atoms with van der Waals surface area (Å²) < 4.78 is 1.48. The van der Waals surface area contributed by atoms with Crippen molar-refractivity contribution in [3.63, 3.8) is 0 Å². The number of hydrogen-bond donors (Lipinski definition) is 1. The summed E-state index contributed by atoms with van der Waals surface area (Å²) in [5.74, 6) is 1.30. The highest BCUT2D eigenvalue weighted by Gasteiger charge is 2.29. The number of fused-ring (bicyclic) bond motifs is 2. The lowest BCUT2D eigenvalue weighted by atomic mass is 9.77. The van der Waals surface area contributed by atoms with Crippen molar-refractivity contribution in [2.45, 2.75) is 56.3 Å². The van der Waals surface area contributed by atoms with Crippen LogP contribution in [0, 0.1) is 11.3 Å². The van der Waals surface area contributed by atoms with Gasteiger partial charge in [-0.2, -0.15) is 9.78 Å². The molecule has 0 radical (unpaired) electrons. The second kappa shape index (κ2) is 7.50. The monoisotopic (exact) mass is 442 g/mol. The van der Waals surface area contributed by atoms with Crippen molar-refractivity contribution in [1.29, 1.82) is 5.26 Å². The standard InChI is InChI=1S/C26H23ClN4O/c27-20-10-7-16(8-11-20)15-3-5-18(6-4-15)24-22(14-28)25-29-23-12-9-19(17-1-2-17)13-21(23)26(32)31(25)30-24/h7-13,15,17-18,30H,1-6H2. The van der Waals surface area contributed by atoms with Gasteiger partial charge < -0.3 is 0 Å². The molecule has 5 nitrogen and oxygen atoms in total. The van der Waals surface area contributed by atoms with Crippen molar-refractivity contribution >= 4 is 28.2 Å². The van der Waals surface area contributed by atoms with Gasteiger partial charge in [0.1, 0.15) is 11.6 Å². The number of nitrogens with zero attached hydrogens (tertiary/aromatic N) is 3. The molecule has 6 rings (SSSR count). The smallest absolute Gasteiger partial charge is 0.280 e. The van der Waals surface area contributed by atoms with Crippen LogP contribution in [-0.4, -0.2) is 14.6 Å². The molecule has 0 atom stereocenters. The SMILES string of the molecule is N#Cc1c(C2CCC(c3ccc(Cl)cc3)CC2)[nH]n2c(=O)c3cc(C4CC4)ccc3nc12. The van der Waals surface area contributed by atoms with Gasteiger partial charge in [0, 0.05) is 10.9 Å². The highest BCUT2D eigenvalue weighted by Crippen LogP contribution is 2.42. The fraction of sp³-hybridized carbons (Fsp3) is 0.346. The molecule has 2 saturated carbocycles. The molecule has 4 aromatic rings. The Bertz CT molecular complexity index is 1430. The van der Waals surface area contributed by atoms with Gasteiger partial charge >= 0.3 is 0 Å². The maximum Gasteiger partial charge on any atom is 0.280 e. The average Bonchev–Trinajstić information content (AvgIpc) is 3.61. The van der Waals surface area contributed by atoms with Crippen LogP contribution in [0.3, 0.4) is 0 Å². The number of rotatable bonds is 3. The predicted molar refractivity (Wildman–Crippen MR) is 125 cm³/mol. The molecule has 6 heteroatoms. The summed E-state index contributed by atoms with van der Waals surface area (Å²) in [7, 11) is 0. The first-order valence-electron chi connectivity index (χ1n) is 11.4. The molecule has 2 heterocycles. The van der Waals surface area contributed by atoms with Gasteiger partial charge in [0.15, 0.2) is 5.65 Å². The average molecular weight is 443 g/mol. The zero-order valence-corrected chi connectivity index (χ0v) is 18.4. The summed E-state index contributed by atoms with van der Waals surface area (Å²) in [5.41, 5.74) is 4.87. The van der Waals surface area contributed by atoms with E-state index in [9.17, 15) is 10.1 Å². The van der Waals surface area contributed by atoms with Crippen LogP contribution in [-0.2, 0) is 0 Å². The van der Waals surface area contributed by atoms with Crippen LogP contribution in [0.2, 0.25) is 5.02 Å². The first kappa shape index (κ1) is 19.6. The maximum atomic E-state index is 13.3. The number of nitrogens with one attached hydrogen (secondary N) is 1. The summed E-state index contributed by atoms with van der Waals surface area (Å²) in [6, 6.07) is 16.4. The molecule has 2 aromatic heterocycles. The molecule has 0 saturated heterocycles. The molecule has 1 N–H and O–H groups in total. The maximum absolute atomic E-state index is 13.3. The van der Waals surface area contributed by atoms with E-state index in [4.69, 9.17) is 16.6 Å². The minimum absolute atomic E-state index is 0.120. The van der Waals surface area contributed by atoms with Gasteiger partial charge in [0.25, 0.3) is 5.56 Å². The van der Waals surface area contributed by atoms with Crippen molar-refractivity contribution in [1.82, 2.24) is 14.6 Å². The van der Waals surface area contributed by atoms with Gasteiger partial charge in [-0.05, 0) is 85.8 Å². The van der Waals surface area contributed by atoms with Crippen molar-refractivity contribution in [3.05, 3.63) is 80.2 Å². The van der Waals surface area contributed by atoms with Crippen LogP contribution in [0.5, 0.6) is 0 Å². The van der Waals surface area contributed by atoms with Crippen LogP contribution >= 0.6 is 11.6 Å². The number of halogens is 1. The highest BCUT2D eigenvalue weighted by atomic mass is 35.5. The second-order valence-electron chi connectivity index (χ2n) is 9.24. The van der Waals surface area contributed by atoms with Crippen LogP contribution in [0.1, 0.15) is 78.7 Å². The van der Waals surface area contributed by atoms with Crippen molar-refractivity contribution in [2.75, 3.05) is 0 Å². The largest absolute Gasteiger partial charge is 0.292 e. The molecule has 32 heavy (non-hydrogen) atoms. The molecule has 2 aliphatic rings. The van der Waals surface area contributed by atoms with E-state index in [-0.39, 0.29) is 11.5 Å². The summed E-state index contributed by atoms with van der Waals surface area (Å²) in [4.78, 5) is 18.0. The molecule has 2 aromatic carbocycles. The number of benzene rings is 2. The first-order valence-corrected chi connectivity index (χ1v) is 11.7. The summed E-state index contributed by atoms with van der Waals surface area (Å²) >= 11 is 6.04. The van der Waals surface area contributed by atoms with Gasteiger partial charge in [-0.25, -0.2) is 4.98 Å². The van der Waals surface area contributed by atoms with Gasteiger partial charge in [-0.3, -0.25) is 9.89 Å². The minimum atomic E-state index is -0.120. The highest BCUT2D eigenvalue weighted by molar-refractivity contribution is 6.30. The lowest BCUT2D eigenvalue weighted by Crippen LogP contribution is -2.16. The molecule has 0 aliphatic heterocycles. The molecule has 2 aliphatic carbocycles. The van der Waals surface area contributed by atoms with E-state index in [0.29, 0.717) is 33.9 Å². The van der Waals surface area contributed by atoms with Gasteiger partial charge in [0.2, 0.25) is 0 Å². The quantitative estimate of drug-likeness (QED) is 0.421. The third-order valence-electron chi connectivity index (χ3n) is 7.25. The summed E-state index contributed by atoms with van der Waals surface area (Å²) in [5, 5.41) is 14.6.